The first kappa shape index (κ1) is 16.8. The van der Waals surface area contributed by atoms with Gasteiger partial charge in [0.05, 0.1) is 15.5 Å². The fourth-order valence-corrected chi connectivity index (χ4v) is 3.32. The molecule has 0 aliphatic carbocycles. The predicted octanol–water partition coefficient (Wildman–Crippen LogP) is 1.77. The van der Waals surface area contributed by atoms with Crippen LogP contribution in [0, 0.1) is 10.8 Å². The first-order chi connectivity index (χ1) is 10.7. The molecule has 0 unspecified atom stereocenters. The number of anilines is 1. The molecule has 120 valence electrons. The van der Waals surface area contributed by atoms with Gasteiger partial charge < -0.3 is 11.5 Å². The Morgan fingerprint density at radius 2 is 1.26 bits per heavy atom. The van der Waals surface area contributed by atoms with E-state index in [4.69, 9.17) is 33.9 Å². The van der Waals surface area contributed by atoms with Crippen LogP contribution in [0.5, 0.6) is 0 Å². The van der Waals surface area contributed by atoms with Crippen LogP contribution in [0.2, 0.25) is 5.02 Å². The Balaban J connectivity index is 2.41. The summed E-state index contributed by atoms with van der Waals surface area (Å²) in [5, 5.41) is 15.2. The maximum Gasteiger partial charge on any atom is 0.206 e. The van der Waals surface area contributed by atoms with Crippen molar-refractivity contribution in [3.05, 3.63) is 53.6 Å². The molecule has 2 aromatic carbocycles. The molecular weight excluding hydrogens is 338 g/mol. The average Bonchev–Trinajstić information content (AvgIpc) is 2.47. The maximum absolute atomic E-state index is 12.5. The number of hydrogen-bond donors (Lipinski definition) is 4. The lowest BCUT2D eigenvalue weighted by Crippen LogP contribution is -2.45. The highest BCUT2D eigenvalue weighted by molar-refractivity contribution is 7.91. The first-order valence-electron chi connectivity index (χ1n) is 6.32. The van der Waals surface area contributed by atoms with Gasteiger partial charge in [-0.1, -0.05) is 11.6 Å². The maximum atomic E-state index is 12.5. The van der Waals surface area contributed by atoms with E-state index < -0.39 is 21.8 Å². The Morgan fingerprint density at radius 1 is 0.870 bits per heavy atom. The second-order valence-corrected chi connectivity index (χ2v) is 6.94. The highest BCUT2D eigenvalue weighted by Gasteiger charge is 2.19. The molecule has 0 bridgehead atoms. The molecule has 2 rings (SSSR count). The van der Waals surface area contributed by atoms with E-state index in [1.54, 1.807) is 0 Å². The molecule has 6 N–H and O–H groups in total. The van der Waals surface area contributed by atoms with E-state index in [1.807, 2.05) is 0 Å². The minimum atomic E-state index is -3.69. The third-order valence-electron chi connectivity index (χ3n) is 3.01. The quantitative estimate of drug-likeness (QED) is 0.493. The standard InChI is InChI=1S/C14H14ClN5O2S/c15-9-1-5-11(6-2-9)23(21,22)12-7-3-10(4-8-12)20(13(16)17)14(18)19/h1-8H,(H3,16,17)(H3,18,19). The van der Waals surface area contributed by atoms with Crippen LogP contribution in [0.3, 0.4) is 0 Å². The van der Waals surface area contributed by atoms with Gasteiger partial charge in [-0.3, -0.25) is 15.7 Å². The highest BCUT2D eigenvalue weighted by atomic mass is 35.5. The van der Waals surface area contributed by atoms with Crippen molar-refractivity contribution in [2.24, 2.45) is 11.5 Å². The van der Waals surface area contributed by atoms with Gasteiger partial charge in [0.2, 0.25) is 9.84 Å². The number of nitrogens with one attached hydrogen (secondary N) is 2. The van der Waals surface area contributed by atoms with E-state index in [-0.39, 0.29) is 9.79 Å². The molecular formula is C14H14ClN5O2S. The summed E-state index contributed by atoms with van der Waals surface area (Å²) in [6.45, 7) is 0. The van der Waals surface area contributed by atoms with E-state index in [2.05, 4.69) is 0 Å². The lowest BCUT2D eigenvalue weighted by Gasteiger charge is -2.20. The number of halogens is 1. The summed E-state index contributed by atoms with van der Waals surface area (Å²) in [6, 6.07) is 11.4. The second kappa shape index (κ2) is 6.27. The molecule has 9 heteroatoms. The van der Waals surface area contributed by atoms with Crippen LogP contribution in [-0.4, -0.2) is 20.3 Å². The summed E-state index contributed by atoms with van der Waals surface area (Å²) in [5.74, 6) is -0.878. The van der Waals surface area contributed by atoms with Crippen LogP contribution in [0.4, 0.5) is 5.69 Å². The third-order valence-corrected chi connectivity index (χ3v) is 5.05. The lowest BCUT2D eigenvalue weighted by molar-refractivity contribution is 0.596. The SMILES string of the molecule is N=C(N)N(C(=N)N)c1ccc(S(=O)(=O)c2ccc(Cl)cc2)cc1. The molecule has 0 saturated heterocycles. The summed E-state index contributed by atoms with van der Waals surface area (Å²) < 4.78 is 25.0. The molecule has 0 aliphatic rings. The second-order valence-electron chi connectivity index (χ2n) is 4.56. The van der Waals surface area contributed by atoms with Gasteiger partial charge in [0.15, 0.2) is 11.9 Å². The number of benzene rings is 2. The van der Waals surface area contributed by atoms with Crippen molar-refractivity contribution < 1.29 is 8.42 Å². The number of nitrogens with zero attached hydrogens (tertiary/aromatic N) is 1. The van der Waals surface area contributed by atoms with Gasteiger partial charge in [-0.25, -0.2) is 8.42 Å². The molecule has 2 aromatic rings. The highest BCUT2D eigenvalue weighted by Crippen LogP contribution is 2.24. The van der Waals surface area contributed by atoms with E-state index >= 15 is 0 Å². The van der Waals surface area contributed by atoms with Crippen molar-refractivity contribution in [2.45, 2.75) is 9.79 Å². The summed E-state index contributed by atoms with van der Waals surface area (Å²) >= 11 is 5.76. The minimum absolute atomic E-state index is 0.0654. The number of sulfone groups is 1. The van der Waals surface area contributed by atoms with Crippen LogP contribution in [0.15, 0.2) is 58.3 Å². The predicted molar refractivity (Wildman–Crippen MR) is 89.7 cm³/mol. The topological polar surface area (TPSA) is 137 Å². The Morgan fingerprint density at radius 3 is 1.65 bits per heavy atom. The summed E-state index contributed by atoms with van der Waals surface area (Å²) in [6.07, 6.45) is 0. The Bertz CT molecular complexity index is 834. The Hall–Kier alpha value is -2.58. The molecule has 0 fully saturated rings. The Labute approximate surface area is 138 Å². The smallest absolute Gasteiger partial charge is 0.206 e. The fraction of sp³-hybridized carbons (Fsp3) is 0. The number of hydrogen-bond acceptors (Lipinski definition) is 4. The molecule has 0 spiro atoms. The van der Waals surface area contributed by atoms with E-state index in [9.17, 15) is 8.42 Å². The van der Waals surface area contributed by atoms with Crippen LogP contribution < -0.4 is 16.4 Å². The number of rotatable bonds is 3. The van der Waals surface area contributed by atoms with Gasteiger partial charge in [0, 0.05) is 5.02 Å². The fourth-order valence-electron chi connectivity index (χ4n) is 1.93. The normalized spacial score (nSPS) is 11.0. The molecule has 0 amide bonds. The van der Waals surface area contributed by atoms with E-state index in [0.29, 0.717) is 10.7 Å². The van der Waals surface area contributed by atoms with Crippen LogP contribution >= 0.6 is 11.6 Å². The monoisotopic (exact) mass is 351 g/mol. The van der Waals surface area contributed by atoms with Crippen molar-refractivity contribution in [2.75, 3.05) is 4.90 Å². The van der Waals surface area contributed by atoms with Crippen molar-refractivity contribution in [3.63, 3.8) is 0 Å². The molecule has 0 saturated carbocycles. The van der Waals surface area contributed by atoms with Crippen LogP contribution in [0.25, 0.3) is 0 Å². The largest absolute Gasteiger partial charge is 0.369 e. The third kappa shape index (κ3) is 3.43. The van der Waals surface area contributed by atoms with Crippen molar-refractivity contribution in [1.82, 2.24) is 0 Å². The number of nitrogens with two attached hydrogens (primary N) is 2. The van der Waals surface area contributed by atoms with Gasteiger partial charge in [-0.05, 0) is 48.5 Å². The van der Waals surface area contributed by atoms with E-state index in [0.717, 1.165) is 4.90 Å². The summed E-state index contributed by atoms with van der Waals surface area (Å²) in [4.78, 5) is 1.15. The molecule has 0 radical (unpaired) electrons. The van der Waals surface area contributed by atoms with Gasteiger partial charge >= 0.3 is 0 Å². The molecule has 0 atom stereocenters. The zero-order valence-corrected chi connectivity index (χ0v) is 13.4. The molecule has 0 aliphatic heterocycles. The van der Waals surface area contributed by atoms with Gasteiger partial charge in [0.25, 0.3) is 0 Å². The van der Waals surface area contributed by atoms with Gasteiger partial charge in [0.1, 0.15) is 0 Å². The van der Waals surface area contributed by atoms with Crippen molar-refractivity contribution in [3.8, 4) is 0 Å². The van der Waals surface area contributed by atoms with Crippen molar-refractivity contribution in [1.29, 1.82) is 10.8 Å². The van der Waals surface area contributed by atoms with Crippen LogP contribution in [0.1, 0.15) is 0 Å². The van der Waals surface area contributed by atoms with Gasteiger partial charge in [-0.2, -0.15) is 0 Å². The first-order valence-corrected chi connectivity index (χ1v) is 8.18. The summed E-state index contributed by atoms with van der Waals surface area (Å²) in [7, 11) is -3.69. The summed E-state index contributed by atoms with van der Waals surface area (Å²) in [5.41, 5.74) is 11.0. The zero-order valence-electron chi connectivity index (χ0n) is 11.8. The molecule has 23 heavy (non-hydrogen) atoms. The zero-order chi connectivity index (χ0) is 17.2. The Kier molecular flexibility index (Phi) is 4.57. The molecule has 0 aromatic heterocycles. The van der Waals surface area contributed by atoms with E-state index in [1.165, 1.54) is 48.5 Å². The molecule has 7 nitrogen and oxygen atoms in total. The lowest BCUT2D eigenvalue weighted by atomic mass is 10.3. The number of guanidine groups is 2. The van der Waals surface area contributed by atoms with Gasteiger partial charge in [-0.15, -0.1) is 0 Å². The minimum Gasteiger partial charge on any atom is -0.369 e. The average molecular weight is 352 g/mol. The van der Waals surface area contributed by atoms with Crippen LogP contribution in [-0.2, 0) is 9.84 Å². The molecule has 0 heterocycles. The van der Waals surface area contributed by atoms with Crippen molar-refractivity contribution >= 4 is 39.0 Å².